The van der Waals surface area contributed by atoms with Crippen molar-refractivity contribution in [3.8, 4) is 11.3 Å². The maximum absolute atomic E-state index is 6.15. The standard InChI is InChI=1S/C17H15Cl2N3OS/c1-10-4-7-16(23-10)11(2)21-22-15(9-24-17(22)20-3)12-5-6-13(18)14(19)8-12/h4-9H,1-3H3. The Kier molecular flexibility index (Phi) is 4.94. The fraction of sp³-hybridized carbons (Fsp3) is 0.176. The first-order chi connectivity index (χ1) is 11.5. The van der Waals surface area contributed by atoms with Crippen LogP contribution in [-0.2, 0) is 0 Å². The molecule has 1 aromatic carbocycles. The lowest BCUT2D eigenvalue weighted by Crippen LogP contribution is -2.13. The first kappa shape index (κ1) is 17.0. The third kappa shape index (κ3) is 3.34. The molecule has 0 atom stereocenters. The van der Waals surface area contributed by atoms with Gasteiger partial charge < -0.3 is 4.42 Å². The molecule has 0 aliphatic carbocycles. The van der Waals surface area contributed by atoms with Gasteiger partial charge in [0.05, 0.1) is 15.7 Å². The van der Waals surface area contributed by atoms with Gasteiger partial charge in [0.25, 0.3) is 0 Å². The number of aromatic nitrogens is 1. The van der Waals surface area contributed by atoms with Crippen LogP contribution in [0.15, 0.2) is 50.2 Å². The molecule has 0 unspecified atom stereocenters. The maximum Gasteiger partial charge on any atom is 0.205 e. The summed E-state index contributed by atoms with van der Waals surface area (Å²) in [5, 5.41) is 7.70. The van der Waals surface area contributed by atoms with E-state index < -0.39 is 0 Å². The van der Waals surface area contributed by atoms with Gasteiger partial charge in [0.2, 0.25) is 4.80 Å². The van der Waals surface area contributed by atoms with Gasteiger partial charge in [-0.15, -0.1) is 11.3 Å². The Morgan fingerprint density at radius 2 is 1.96 bits per heavy atom. The van der Waals surface area contributed by atoms with E-state index in [1.807, 2.05) is 43.5 Å². The van der Waals surface area contributed by atoms with Crippen molar-refractivity contribution in [3.05, 3.63) is 62.1 Å². The van der Waals surface area contributed by atoms with E-state index in [0.29, 0.717) is 10.0 Å². The molecule has 2 aromatic heterocycles. The molecule has 0 aliphatic heterocycles. The number of benzene rings is 1. The molecule has 24 heavy (non-hydrogen) atoms. The number of aryl methyl sites for hydroxylation is 1. The SMILES string of the molecule is CN=c1scc(-c2ccc(Cl)c(Cl)c2)n1N=C(C)c1ccc(C)o1. The van der Waals surface area contributed by atoms with Crippen molar-refractivity contribution in [2.75, 3.05) is 7.05 Å². The van der Waals surface area contributed by atoms with Crippen LogP contribution < -0.4 is 4.80 Å². The fourth-order valence-electron chi connectivity index (χ4n) is 2.23. The maximum atomic E-state index is 6.15. The van der Waals surface area contributed by atoms with E-state index in [-0.39, 0.29) is 0 Å². The second kappa shape index (κ2) is 6.97. The van der Waals surface area contributed by atoms with Crippen LogP contribution in [0.2, 0.25) is 10.0 Å². The summed E-state index contributed by atoms with van der Waals surface area (Å²) in [5.74, 6) is 1.58. The molecular formula is C17H15Cl2N3OS. The van der Waals surface area contributed by atoms with Crippen LogP contribution in [0.5, 0.6) is 0 Å². The minimum atomic E-state index is 0.504. The topological polar surface area (TPSA) is 42.8 Å². The predicted octanol–water partition coefficient (Wildman–Crippen LogP) is 5.23. The van der Waals surface area contributed by atoms with Crippen LogP contribution in [0.4, 0.5) is 0 Å². The zero-order chi connectivity index (χ0) is 17.3. The van der Waals surface area contributed by atoms with Crippen molar-refractivity contribution in [1.82, 2.24) is 4.68 Å². The molecule has 0 aliphatic rings. The molecule has 0 bridgehead atoms. The van der Waals surface area contributed by atoms with Gasteiger partial charge in [0, 0.05) is 18.0 Å². The number of hydrogen-bond acceptors (Lipinski definition) is 4. The van der Waals surface area contributed by atoms with E-state index >= 15 is 0 Å². The van der Waals surface area contributed by atoms with Crippen LogP contribution in [0.25, 0.3) is 11.3 Å². The number of halogens is 2. The van der Waals surface area contributed by atoms with Gasteiger partial charge in [0.1, 0.15) is 17.2 Å². The largest absolute Gasteiger partial charge is 0.460 e. The molecular weight excluding hydrogens is 365 g/mol. The summed E-state index contributed by atoms with van der Waals surface area (Å²) in [4.78, 5) is 5.07. The minimum Gasteiger partial charge on any atom is -0.460 e. The zero-order valence-corrected chi connectivity index (χ0v) is 15.7. The lowest BCUT2D eigenvalue weighted by molar-refractivity contribution is 0.524. The molecule has 3 aromatic rings. The molecule has 4 nitrogen and oxygen atoms in total. The van der Waals surface area contributed by atoms with Crippen molar-refractivity contribution in [1.29, 1.82) is 0 Å². The number of thiazole rings is 1. The Labute approximate surface area is 153 Å². The normalized spacial score (nSPS) is 12.9. The van der Waals surface area contributed by atoms with Crippen molar-refractivity contribution in [2.45, 2.75) is 13.8 Å². The van der Waals surface area contributed by atoms with Gasteiger partial charge in [-0.1, -0.05) is 29.3 Å². The Hall–Kier alpha value is -1.82. The highest BCUT2D eigenvalue weighted by atomic mass is 35.5. The van der Waals surface area contributed by atoms with Crippen molar-refractivity contribution >= 4 is 40.3 Å². The summed E-state index contributed by atoms with van der Waals surface area (Å²) in [6, 6.07) is 9.33. The van der Waals surface area contributed by atoms with Crippen molar-refractivity contribution in [3.63, 3.8) is 0 Å². The Balaban J connectivity index is 2.13. The monoisotopic (exact) mass is 379 g/mol. The third-order valence-electron chi connectivity index (χ3n) is 3.44. The summed E-state index contributed by atoms with van der Waals surface area (Å²) < 4.78 is 7.43. The van der Waals surface area contributed by atoms with Crippen LogP contribution in [0.3, 0.4) is 0 Å². The number of hydrogen-bond donors (Lipinski definition) is 0. The van der Waals surface area contributed by atoms with Gasteiger partial charge in [0.15, 0.2) is 0 Å². The van der Waals surface area contributed by atoms with Crippen LogP contribution in [-0.4, -0.2) is 17.4 Å². The van der Waals surface area contributed by atoms with E-state index in [9.17, 15) is 0 Å². The second-order valence-electron chi connectivity index (χ2n) is 5.16. The lowest BCUT2D eigenvalue weighted by Gasteiger charge is -2.06. The summed E-state index contributed by atoms with van der Waals surface area (Å²) in [7, 11) is 1.74. The lowest BCUT2D eigenvalue weighted by atomic mass is 10.2. The van der Waals surface area contributed by atoms with E-state index in [1.54, 1.807) is 17.8 Å². The van der Waals surface area contributed by atoms with Crippen molar-refractivity contribution in [2.24, 2.45) is 10.1 Å². The molecule has 0 saturated carbocycles. The Bertz CT molecular complexity index is 982. The Morgan fingerprint density at radius 3 is 2.58 bits per heavy atom. The van der Waals surface area contributed by atoms with Gasteiger partial charge in [-0.25, -0.2) is 4.68 Å². The highest BCUT2D eigenvalue weighted by Crippen LogP contribution is 2.29. The summed E-state index contributed by atoms with van der Waals surface area (Å²) in [6.07, 6.45) is 0. The number of rotatable bonds is 3. The number of nitrogens with zero attached hydrogens (tertiary/aromatic N) is 3. The average molecular weight is 380 g/mol. The average Bonchev–Trinajstić information content (AvgIpc) is 3.16. The number of furan rings is 1. The summed E-state index contributed by atoms with van der Waals surface area (Å²) in [5.41, 5.74) is 2.57. The second-order valence-corrected chi connectivity index (χ2v) is 6.81. The van der Waals surface area contributed by atoms with Crippen LogP contribution in [0, 0.1) is 6.92 Å². The molecule has 2 heterocycles. The zero-order valence-electron chi connectivity index (χ0n) is 13.4. The highest BCUT2D eigenvalue weighted by molar-refractivity contribution is 7.07. The smallest absolute Gasteiger partial charge is 0.205 e. The van der Waals surface area contributed by atoms with E-state index in [4.69, 9.17) is 27.6 Å². The molecule has 0 amide bonds. The van der Waals surface area contributed by atoms with Gasteiger partial charge in [-0.3, -0.25) is 4.99 Å². The third-order valence-corrected chi connectivity index (χ3v) is 5.09. The molecule has 0 radical (unpaired) electrons. The van der Waals surface area contributed by atoms with E-state index in [2.05, 4.69) is 10.1 Å². The van der Waals surface area contributed by atoms with Gasteiger partial charge >= 0.3 is 0 Å². The molecule has 3 rings (SSSR count). The van der Waals surface area contributed by atoms with Crippen LogP contribution in [0.1, 0.15) is 18.4 Å². The highest BCUT2D eigenvalue weighted by Gasteiger charge is 2.11. The minimum absolute atomic E-state index is 0.504. The van der Waals surface area contributed by atoms with E-state index in [0.717, 1.165) is 33.3 Å². The first-order valence-electron chi connectivity index (χ1n) is 7.21. The predicted molar refractivity (Wildman–Crippen MR) is 100 cm³/mol. The van der Waals surface area contributed by atoms with Gasteiger partial charge in [-0.05, 0) is 38.1 Å². The van der Waals surface area contributed by atoms with Crippen LogP contribution >= 0.6 is 34.5 Å². The molecule has 0 saturated heterocycles. The Morgan fingerprint density at radius 1 is 1.17 bits per heavy atom. The molecule has 124 valence electrons. The summed E-state index contributed by atoms with van der Waals surface area (Å²) in [6.45, 7) is 3.81. The van der Waals surface area contributed by atoms with Crippen molar-refractivity contribution < 1.29 is 4.42 Å². The van der Waals surface area contributed by atoms with Gasteiger partial charge in [-0.2, -0.15) is 5.10 Å². The first-order valence-corrected chi connectivity index (χ1v) is 8.84. The molecule has 7 heteroatoms. The quantitative estimate of drug-likeness (QED) is 0.574. The molecule has 0 fully saturated rings. The molecule has 0 N–H and O–H groups in total. The summed E-state index contributed by atoms with van der Waals surface area (Å²) >= 11 is 13.7. The fourth-order valence-corrected chi connectivity index (χ4v) is 3.32. The van der Waals surface area contributed by atoms with E-state index in [1.165, 1.54) is 11.3 Å². The molecule has 0 spiro atoms.